The Hall–Kier alpha value is -2.65. The predicted octanol–water partition coefficient (Wildman–Crippen LogP) is 3.90. The lowest BCUT2D eigenvalue weighted by Gasteiger charge is -2.08. The zero-order valence-corrected chi connectivity index (χ0v) is 17.1. The predicted molar refractivity (Wildman–Crippen MR) is 108 cm³/mol. The van der Waals surface area contributed by atoms with Gasteiger partial charge in [0, 0.05) is 11.4 Å². The monoisotopic (exact) mass is 431 g/mol. The molecule has 2 heterocycles. The summed E-state index contributed by atoms with van der Waals surface area (Å²) in [6, 6.07) is 7.80. The van der Waals surface area contributed by atoms with Crippen LogP contribution in [-0.4, -0.2) is 22.1 Å². The van der Waals surface area contributed by atoms with Crippen LogP contribution in [0.25, 0.3) is 0 Å². The van der Waals surface area contributed by atoms with Gasteiger partial charge in [-0.2, -0.15) is 0 Å². The summed E-state index contributed by atoms with van der Waals surface area (Å²) in [6.45, 7) is 0.233. The number of aromatic nitrogens is 2. The Morgan fingerprint density at radius 3 is 2.69 bits per heavy atom. The lowest BCUT2D eigenvalue weighted by molar-refractivity contribution is 0.0477. The first-order valence-electron chi connectivity index (χ1n) is 9.22. The van der Waals surface area contributed by atoms with Gasteiger partial charge in [-0.15, -0.1) is 21.5 Å². The zero-order chi connectivity index (χ0) is 20.2. The SMILES string of the molecule is O=C(OCc1nnc(C(=O)NCc2ccc(F)cc2)s1)c1cc2c(s1)CCCC2. The highest BCUT2D eigenvalue weighted by Gasteiger charge is 2.19. The van der Waals surface area contributed by atoms with E-state index in [4.69, 9.17) is 4.74 Å². The molecule has 4 rings (SSSR count). The lowest BCUT2D eigenvalue weighted by Crippen LogP contribution is -2.22. The molecule has 3 aromatic rings. The standard InChI is InChI=1S/C20H18FN3O3S2/c21-14-7-5-12(6-8-14)10-22-18(25)19-24-23-17(29-19)11-27-20(26)16-9-13-3-1-2-4-15(13)28-16/h5-9H,1-4,10-11H2,(H,22,25). The minimum absolute atomic E-state index is 0.0235. The third-order valence-corrected chi connectivity index (χ3v) is 6.66. The van der Waals surface area contributed by atoms with Crippen molar-refractivity contribution in [1.82, 2.24) is 15.5 Å². The van der Waals surface area contributed by atoms with Crippen molar-refractivity contribution in [1.29, 1.82) is 0 Å². The van der Waals surface area contributed by atoms with Crippen LogP contribution in [0.4, 0.5) is 4.39 Å². The van der Waals surface area contributed by atoms with Crippen LogP contribution in [0.5, 0.6) is 0 Å². The number of esters is 1. The van der Waals surface area contributed by atoms with Gasteiger partial charge in [-0.3, -0.25) is 4.79 Å². The number of rotatable bonds is 6. The van der Waals surface area contributed by atoms with Gasteiger partial charge in [0.05, 0.1) is 0 Å². The van der Waals surface area contributed by atoms with Crippen LogP contribution in [0.2, 0.25) is 0 Å². The summed E-state index contributed by atoms with van der Waals surface area (Å²) in [5.41, 5.74) is 2.03. The number of nitrogens with one attached hydrogen (secondary N) is 1. The molecule has 150 valence electrons. The number of ether oxygens (including phenoxy) is 1. The van der Waals surface area contributed by atoms with E-state index in [1.54, 1.807) is 12.1 Å². The lowest BCUT2D eigenvalue weighted by atomic mass is 9.99. The summed E-state index contributed by atoms with van der Waals surface area (Å²) in [5.74, 6) is -1.08. The van der Waals surface area contributed by atoms with Crippen LogP contribution in [-0.2, 0) is 30.7 Å². The minimum Gasteiger partial charge on any atom is -0.454 e. The summed E-state index contributed by atoms with van der Waals surface area (Å²) in [6.07, 6.45) is 4.37. The second-order valence-electron chi connectivity index (χ2n) is 6.65. The van der Waals surface area contributed by atoms with Crippen molar-refractivity contribution in [3.8, 4) is 0 Å². The number of halogens is 1. The molecule has 1 N–H and O–H groups in total. The summed E-state index contributed by atoms with van der Waals surface area (Å²) >= 11 is 2.57. The fraction of sp³-hybridized carbons (Fsp3) is 0.300. The van der Waals surface area contributed by atoms with Gasteiger partial charge >= 0.3 is 5.97 Å². The summed E-state index contributed by atoms with van der Waals surface area (Å²) in [5, 5.41) is 11.1. The van der Waals surface area contributed by atoms with Gasteiger partial charge in [0.15, 0.2) is 5.01 Å². The molecule has 0 fully saturated rings. The van der Waals surface area contributed by atoms with Crippen LogP contribution in [0.15, 0.2) is 30.3 Å². The van der Waals surface area contributed by atoms with Crippen molar-refractivity contribution in [2.24, 2.45) is 0 Å². The fourth-order valence-electron chi connectivity index (χ4n) is 3.05. The number of aryl methyl sites for hydroxylation is 2. The topological polar surface area (TPSA) is 81.2 Å². The molecular weight excluding hydrogens is 413 g/mol. The van der Waals surface area contributed by atoms with Crippen molar-refractivity contribution in [2.75, 3.05) is 0 Å². The maximum atomic E-state index is 12.9. The minimum atomic E-state index is -0.379. The summed E-state index contributed by atoms with van der Waals surface area (Å²) < 4.78 is 18.2. The number of fused-ring (bicyclic) bond motifs is 1. The van der Waals surface area contributed by atoms with E-state index in [2.05, 4.69) is 15.5 Å². The van der Waals surface area contributed by atoms with Crippen LogP contribution in [0.3, 0.4) is 0 Å². The Morgan fingerprint density at radius 1 is 1.10 bits per heavy atom. The molecule has 1 amide bonds. The van der Waals surface area contributed by atoms with E-state index in [9.17, 15) is 14.0 Å². The van der Waals surface area contributed by atoms with E-state index < -0.39 is 0 Å². The molecule has 29 heavy (non-hydrogen) atoms. The highest BCUT2D eigenvalue weighted by molar-refractivity contribution is 7.14. The Kier molecular flexibility index (Phi) is 5.96. The largest absolute Gasteiger partial charge is 0.454 e. The first-order valence-corrected chi connectivity index (χ1v) is 10.9. The highest BCUT2D eigenvalue weighted by Crippen LogP contribution is 2.30. The highest BCUT2D eigenvalue weighted by atomic mass is 32.1. The Bertz CT molecular complexity index is 1010. The van der Waals surface area contributed by atoms with Gasteiger partial charge in [0.25, 0.3) is 5.91 Å². The number of amides is 1. The second-order valence-corrected chi connectivity index (χ2v) is 8.85. The molecule has 0 bridgehead atoms. The van der Waals surface area contributed by atoms with Crippen LogP contribution in [0, 0.1) is 5.82 Å². The maximum Gasteiger partial charge on any atom is 0.348 e. The molecule has 0 saturated carbocycles. The fourth-order valence-corrected chi connectivity index (χ4v) is 4.87. The van der Waals surface area contributed by atoms with Crippen LogP contribution in [0.1, 0.15) is 53.3 Å². The summed E-state index contributed by atoms with van der Waals surface area (Å²) in [4.78, 5) is 26.4. The number of nitrogens with zero attached hydrogens (tertiary/aromatic N) is 2. The molecule has 6 nitrogen and oxygen atoms in total. The molecule has 0 atom stereocenters. The van der Waals surface area contributed by atoms with Crippen molar-refractivity contribution in [3.63, 3.8) is 0 Å². The molecule has 9 heteroatoms. The normalized spacial score (nSPS) is 13.0. The molecule has 1 aromatic carbocycles. The first kappa shape index (κ1) is 19.7. The Morgan fingerprint density at radius 2 is 1.90 bits per heavy atom. The first-order chi connectivity index (χ1) is 14.1. The third-order valence-electron chi connectivity index (χ3n) is 4.55. The number of carbonyl (C=O) groups excluding carboxylic acids is 2. The smallest absolute Gasteiger partial charge is 0.348 e. The van der Waals surface area contributed by atoms with Crippen molar-refractivity contribution in [2.45, 2.75) is 38.8 Å². The van der Waals surface area contributed by atoms with Gasteiger partial charge in [0.1, 0.15) is 17.3 Å². The number of thiophene rings is 1. The van der Waals surface area contributed by atoms with Crippen LogP contribution < -0.4 is 5.32 Å². The summed E-state index contributed by atoms with van der Waals surface area (Å²) in [7, 11) is 0. The van der Waals surface area contributed by atoms with E-state index in [-0.39, 0.29) is 35.9 Å². The van der Waals surface area contributed by atoms with Crippen molar-refractivity contribution in [3.05, 3.63) is 67.0 Å². The number of carbonyl (C=O) groups is 2. The molecule has 0 saturated heterocycles. The number of hydrogen-bond acceptors (Lipinski definition) is 7. The molecule has 0 spiro atoms. The average Bonchev–Trinajstić information content (AvgIpc) is 3.38. The average molecular weight is 432 g/mol. The van der Waals surface area contributed by atoms with Gasteiger partial charge < -0.3 is 10.1 Å². The Balaban J connectivity index is 1.29. The van der Waals surface area contributed by atoms with E-state index in [1.807, 2.05) is 6.07 Å². The van der Waals surface area contributed by atoms with E-state index in [0.717, 1.165) is 36.2 Å². The number of benzene rings is 1. The van der Waals surface area contributed by atoms with Crippen molar-refractivity contribution < 1.29 is 18.7 Å². The van der Waals surface area contributed by atoms with Gasteiger partial charge in [-0.1, -0.05) is 23.5 Å². The van der Waals surface area contributed by atoms with E-state index in [1.165, 1.54) is 40.3 Å². The Labute approximate surface area is 174 Å². The molecule has 0 aliphatic heterocycles. The van der Waals surface area contributed by atoms with Crippen molar-refractivity contribution >= 4 is 34.6 Å². The molecular formula is C20H18FN3O3S2. The zero-order valence-electron chi connectivity index (χ0n) is 15.4. The van der Waals surface area contributed by atoms with Crippen LogP contribution >= 0.6 is 22.7 Å². The van der Waals surface area contributed by atoms with Gasteiger partial charge in [0.2, 0.25) is 5.01 Å². The molecule has 1 aliphatic carbocycles. The van der Waals surface area contributed by atoms with Gasteiger partial charge in [-0.05, 0) is 55.0 Å². The van der Waals surface area contributed by atoms with E-state index >= 15 is 0 Å². The molecule has 0 unspecified atom stereocenters. The second kappa shape index (κ2) is 8.79. The third kappa shape index (κ3) is 4.86. The molecule has 2 aromatic heterocycles. The molecule has 0 radical (unpaired) electrons. The quantitative estimate of drug-likeness (QED) is 0.599. The number of hydrogen-bond donors (Lipinski definition) is 1. The van der Waals surface area contributed by atoms with Gasteiger partial charge in [-0.25, -0.2) is 9.18 Å². The molecule has 1 aliphatic rings. The van der Waals surface area contributed by atoms with E-state index in [0.29, 0.717) is 9.88 Å². The maximum absolute atomic E-state index is 12.9.